The van der Waals surface area contributed by atoms with E-state index in [0.717, 1.165) is 18.9 Å². The van der Waals surface area contributed by atoms with E-state index in [1.54, 1.807) is 0 Å². The fraction of sp³-hybridized carbons (Fsp3) is 0.538. The van der Waals surface area contributed by atoms with E-state index in [2.05, 4.69) is 4.72 Å². The number of halogens is 1. The zero-order valence-electron chi connectivity index (χ0n) is 11.0. The molecule has 0 amide bonds. The molecule has 1 saturated carbocycles. The monoisotopic (exact) mass is 287 g/mol. The number of sulfonamides is 1. The van der Waals surface area contributed by atoms with Crippen molar-refractivity contribution in [2.24, 2.45) is 5.92 Å². The molecule has 2 N–H and O–H groups in total. The van der Waals surface area contributed by atoms with Crippen LogP contribution in [0.3, 0.4) is 0 Å². The summed E-state index contributed by atoms with van der Waals surface area (Å²) in [6.07, 6.45) is 2.04. The lowest BCUT2D eigenvalue weighted by molar-refractivity contribution is 0.281. The third-order valence-electron chi connectivity index (χ3n) is 3.50. The first-order valence-corrected chi connectivity index (χ1v) is 7.75. The van der Waals surface area contributed by atoms with Crippen LogP contribution in [0.25, 0.3) is 0 Å². The molecule has 0 radical (unpaired) electrons. The lowest BCUT2D eigenvalue weighted by atomic mass is 10.1. The second-order valence-electron chi connectivity index (χ2n) is 5.11. The molecule has 0 aliphatic heterocycles. The summed E-state index contributed by atoms with van der Waals surface area (Å²) in [5.74, 6) is -0.244. The number of aliphatic hydroxyl groups excluding tert-OH is 1. The first-order chi connectivity index (χ1) is 8.85. The van der Waals surface area contributed by atoms with Gasteiger partial charge >= 0.3 is 0 Å². The molecule has 1 aromatic carbocycles. The van der Waals surface area contributed by atoms with Crippen molar-refractivity contribution in [3.05, 3.63) is 29.1 Å². The third-order valence-corrected chi connectivity index (χ3v) is 5.18. The Morgan fingerprint density at radius 1 is 1.47 bits per heavy atom. The Balaban J connectivity index is 2.35. The van der Waals surface area contributed by atoms with Crippen LogP contribution in [0.1, 0.15) is 30.9 Å². The molecule has 106 valence electrons. The van der Waals surface area contributed by atoms with Gasteiger partial charge in [-0.05, 0) is 50.3 Å². The average Bonchev–Trinajstić information content (AvgIpc) is 3.15. The Bertz CT molecular complexity index is 582. The highest BCUT2D eigenvalue weighted by atomic mass is 32.2. The largest absolute Gasteiger partial charge is 0.392 e. The Kier molecular flexibility index (Phi) is 3.94. The van der Waals surface area contributed by atoms with Gasteiger partial charge < -0.3 is 5.11 Å². The van der Waals surface area contributed by atoms with Gasteiger partial charge in [-0.2, -0.15) is 0 Å². The molecular weight excluding hydrogens is 269 g/mol. The highest BCUT2D eigenvalue weighted by molar-refractivity contribution is 7.89. The number of rotatable bonds is 5. The average molecular weight is 287 g/mol. The Hall–Kier alpha value is -0.980. The van der Waals surface area contributed by atoms with Gasteiger partial charge in [-0.25, -0.2) is 17.5 Å². The fourth-order valence-electron chi connectivity index (χ4n) is 2.08. The SMILES string of the molecule is Cc1c(F)cc(CO)cc1S(=O)(=O)NC(C)C1CC1. The summed E-state index contributed by atoms with van der Waals surface area (Å²) >= 11 is 0. The topological polar surface area (TPSA) is 66.4 Å². The minimum atomic E-state index is -3.75. The number of benzene rings is 1. The number of nitrogens with one attached hydrogen (secondary N) is 1. The number of hydrogen-bond acceptors (Lipinski definition) is 3. The molecule has 6 heteroatoms. The van der Waals surface area contributed by atoms with Crippen molar-refractivity contribution in [1.29, 1.82) is 0 Å². The van der Waals surface area contributed by atoms with Gasteiger partial charge in [-0.1, -0.05) is 0 Å². The zero-order valence-corrected chi connectivity index (χ0v) is 11.8. The molecule has 2 rings (SSSR count). The fourth-order valence-corrected chi connectivity index (χ4v) is 3.69. The molecule has 0 heterocycles. The van der Waals surface area contributed by atoms with Gasteiger partial charge in [0.15, 0.2) is 0 Å². The van der Waals surface area contributed by atoms with Crippen molar-refractivity contribution in [2.75, 3.05) is 0 Å². The summed E-state index contributed by atoms with van der Waals surface area (Å²) < 4.78 is 40.8. The predicted molar refractivity (Wildman–Crippen MR) is 69.6 cm³/mol. The molecule has 0 bridgehead atoms. The van der Waals surface area contributed by atoms with Crippen molar-refractivity contribution in [3.8, 4) is 0 Å². The summed E-state index contributed by atoms with van der Waals surface area (Å²) in [6.45, 7) is 2.85. The van der Waals surface area contributed by atoms with Crippen LogP contribution in [0.5, 0.6) is 0 Å². The standard InChI is InChI=1S/C13H18FNO3S/c1-8-12(14)5-10(7-16)6-13(8)19(17,18)15-9(2)11-3-4-11/h5-6,9,11,15-16H,3-4,7H2,1-2H3. The molecule has 1 fully saturated rings. The van der Waals surface area contributed by atoms with E-state index >= 15 is 0 Å². The maximum atomic E-state index is 13.7. The summed E-state index contributed by atoms with van der Waals surface area (Å²) in [5.41, 5.74) is 0.329. The van der Waals surface area contributed by atoms with Crippen molar-refractivity contribution in [2.45, 2.75) is 44.2 Å². The van der Waals surface area contributed by atoms with Crippen LogP contribution in [0, 0.1) is 18.7 Å². The van der Waals surface area contributed by atoms with E-state index in [4.69, 9.17) is 5.11 Å². The van der Waals surface area contributed by atoms with Crippen molar-refractivity contribution < 1.29 is 17.9 Å². The molecule has 0 saturated heterocycles. The van der Waals surface area contributed by atoms with E-state index in [-0.39, 0.29) is 22.1 Å². The second-order valence-corrected chi connectivity index (χ2v) is 6.79. The minimum absolute atomic E-state index is 0.0766. The molecule has 1 aliphatic rings. The lowest BCUT2D eigenvalue weighted by Crippen LogP contribution is -2.34. The van der Waals surface area contributed by atoms with E-state index < -0.39 is 22.4 Å². The second kappa shape index (κ2) is 5.19. The molecule has 4 nitrogen and oxygen atoms in total. The molecule has 0 spiro atoms. The summed E-state index contributed by atoms with van der Waals surface area (Å²) in [6, 6.07) is 2.32. The van der Waals surface area contributed by atoms with E-state index in [0.29, 0.717) is 5.92 Å². The van der Waals surface area contributed by atoms with Crippen molar-refractivity contribution in [1.82, 2.24) is 4.72 Å². The normalized spacial score (nSPS) is 17.5. The quantitative estimate of drug-likeness (QED) is 0.866. The molecule has 19 heavy (non-hydrogen) atoms. The van der Waals surface area contributed by atoms with Crippen LogP contribution in [0.2, 0.25) is 0 Å². The molecule has 1 aliphatic carbocycles. The lowest BCUT2D eigenvalue weighted by Gasteiger charge is -2.15. The highest BCUT2D eigenvalue weighted by Gasteiger charge is 2.32. The maximum Gasteiger partial charge on any atom is 0.241 e. The first kappa shape index (κ1) is 14.4. The van der Waals surface area contributed by atoms with Crippen LogP contribution >= 0.6 is 0 Å². The molecule has 1 aromatic rings. The Labute approximate surface area is 112 Å². The van der Waals surface area contributed by atoms with Gasteiger partial charge in [-0.15, -0.1) is 0 Å². The molecule has 0 aromatic heterocycles. The Morgan fingerprint density at radius 2 is 2.11 bits per heavy atom. The van der Waals surface area contributed by atoms with Gasteiger partial charge in [0.2, 0.25) is 10.0 Å². The van der Waals surface area contributed by atoms with Gasteiger partial charge in [0.25, 0.3) is 0 Å². The maximum absolute atomic E-state index is 13.7. The van der Waals surface area contributed by atoms with Gasteiger partial charge in [0.05, 0.1) is 11.5 Å². The van der Waals surface area contributed by atoms with Crippen molar-refractivity contribution >= 4 is 10.0 Å². The number of aliphatic hydroxyl groups is 1. The summed E-state index contributed by atoms with van der Waals surface area (Å²) in [4.78, 5) is -0.0935. The van der Waals surface area contributed by atoms with Crippen LogP contribution in [0.4, 0.5) is 4.39 Å². The predicted octanol–water partition coefficient (Wildman–Crippen LogP) is 1.70. The molecule has 1 unspecified atom stereocenters. The van der Waals surface area contributed by atoms with E-state index in [1.807, 2.05) is 6.92 Å². The van der Waals surface area contributed by atoms with E-state index in [9.17, 15) is 12.8 Å². The van der Waals surface area contributed by atoms with Crippen LogP contribution in [-0.4, -0.2) is 19.6 Å². The van der Waals surface area contributed by atoms with Crippen LogP contribution in [0.15, 0.2) is 17.0 Å². The zero-order chi connectivity index (χ0) is 14.2. The van der Waals surface area contributed by atoms with Gasteiger partial charge in [-0.3, -0.25) is 0 Å². The first-order valence-electron chi connectivity index (χ1n) is 6.27. The van der Waals surface area contributed by atoms with Gasteiger partial charge in [0.1, 0.15) is 5.82 Å². The minimum Gasteiger partial charge on any atom is -0.392 e. The third kappa shape index (κ3) is 3.13. The Morgan fingerprint density at radius 3 is 2.63 bits per heavy atom. The molecular formula is C13H18FNO3S. The smallest absolute Gasteiger partial charge is 0.241 e. The van der Waals surface area contributed by atoms with Crippen molar-refractivity contribution in [3.63, 3.8) is 0 Å². The summed E-state index contributed by atoms with van der Waals surface area (Å²) in [5, 5.41) is 9.04. The van der Waals surface area contributed by atoms with Crippen LogP contribution in [-0.2, 0) is 16.6 Å². The van der Waals surface area contributed by atoms with Gasteiger partial charge in [0, 0.05) is 11.6 Å². The van der Waals surface area contributed by atoms with E-state index in [1.165, 1.54) is 13.0 Å². The van der Waals surface area contributed by atoms with Crippen LogP contribution < -0.4 is 4.72 Å². The number of hydrogen-bond donors (Lipinski definition) is 2. The molecule has 1 atom stereocenters. The summed E-state index contributed by atoms with van der Waals surface area (Å²) in [7, 11) is -3.75. The highest BCUT2D eigenvalue weighted by Crippen LogP contribution is 2.33.